The molecule has 68 valence electrons. The van der Waals surface area contributed by atoms with Gasteiger partial charge in [0.1, 0.15) is 16.6 Å². The average Bonchev–Trinajstić information content (AvgIpc) is 2.48. The van der Waals surface area contributed by atoms with Gasteiger partial charge in [0.05, 0.1) is 4.92 Å². The molecule has 1 rings (SSSR count). The van der Waals surface area contributed by atoms with Crippen molar-refractivity contribution in [2.24, 2.45) is 0 Å². The van der Waals surface area contributed by atoms with Crippen molar-refractivity contribution in [2.45, 2.75) is 6.92 Å². The Hall–Kier alpha value is -1.61. The summed E-state index contributed by atoms with van der Waals surface area (Å²) in [6.07, 6.45) is 0. The summed E-state index contributed by atoms with van der Waals surface area (Å²) in [5.74, 6) is 0. The van der Waals surface area contributed by atoms with E-state index in [2.05, 4.69) is 5.32 Å². The number of hydrogen-bond donors (Lipinski definition) is 1. The summed E-state index contributed by atoms with van der Waals surface area (Å²) in [6, 6.07) is 3.37. The second kappa shape index (κ2) is 3.87. The van der Waals surface area contributed by atoms with Gasteiger partial charge in [0.2, 0.25) is 0 Å². The van der Waals surface area contributed by atoms with E-state index in [0.717, 1.165) is 11.3 Å². The summed E-state index contributed by atoms with van der Waals surface area (Å²) in [5.41, 5.74) is 0.425. The van der Waals surface area contributed by atoms with Crippen molar-refractivity contribution < 1.29 is 4.92 Å². The van der Waals surface area contributed by atoms with Crippen LogP contribution < -0.4 is 5.32 Å². The van der Waals surface area contributed by atoms with Crippen LogP contribution in [-0.2, 0) is 0 Å². The van der Waals surface area contributed by atoms with E-state index in [-0.39, 0.29) is 5.00 Å². The Labute approximate surface area is 78.8 Å². The van der Waals surface area contributed by atoms with Gasteiger partial charge in [-0.15, -0.1) is 0 Å². The minimum absolute atomic E-state index is 0.00148. The van der Waals surface area contributed by atoms with E-state index in [4.69, 9.17) is 5.26 Å². The molecule has 0 amide bonds. The monoisotopic (exact) mass is 197 g/mol. The fourth-order valence-corrected chi connectivity index (χ4v) is 1.64. The zero-order chi connectivity index (χ0) is 9.84. The zero-order valence-corrected chi connectivity index (χ0v) is 7.72. The average molecular weight is 197 g/mol. The van der Waals surface area contributed by atoms with E-state index in [1.165, 1.54) is 6.07 Å². The summed E-state index contributed by atoms with van der Waals surface area (Å²) in [5, 5.41) is 21.9. The third-order valence-electron chi connectivity index (χ3n) is 1.36. The van der Waals surface area contributed by atoms with E-state index in [1.807, 2.05) is 13.0 Å². The van der Waals surface area contributed by atoms with Gasteiger partial charge in [0.25, 0.3) is 0 Å². The highest BCUT2D eigenvalue weighted by Crippen LogP contribution is 2.33. The maximum absolute atomic E-state index is 10.5. The first-order valence-electron chi connectivity index (χ1n) is 3.61. The summed E-state index contributed by atoms with van der Waals surface area (Å²) in [7, 11) is 0. The van der Waals surface area contributed by atoms with E-state index in [9.17, 15) is 10.1 Å². The Kier molecular flexibility index (Phi) is 2.82. The lowest BCUT2D eigenvalue weighted by Crippen LogP contribution is -1.97. The van der Waals surface area contributed by atoms with Gasteiger partial charge >= 0.3 is 5.00 Å². The molecule has 0 fully saturated rings. The second-order valence-corrected chi connectivity index (χ2v) is 3.26. The third-order valence-corrected chi connectivity index (χ3v) is 2.35. The van der Waals surface area contributed by atoms with Crippen LogP contribution in [0.25, 0.3) is 0 Å². The van der Waals surface area contributed by atoms with Crippen LogP contribution in [-0.4, -0.2) is 11.5 Å². The maximum atomic E-state index is 10.5. The van der Waals surface area contributed by atoms with Gasteiger partial charge in [-0.05, 0) is 24.3 Å². The van der Waals surface area contributed by atoms with Crippen LogP contribution in [0, 0.1) is 21.4 Å². The van der Waals surface area contributed by atoms with E-state index in [0.29, 0.717) is 17.1 Å². The zero-order valence-electron chi connectivity index (χ0n) is 6.90. The van der Waals surface area contributed by atoms with Gasteiger partial charge in [-0.2, -0.15) is 5.26 Å². The molecule has 0 radical (unpaired) electrons. The molecule has 0 aromatic carbocycles. The number of hydrogen-bond acceptors (Lipinski definition) is 5. The van der Waals surface area contributed by atoms with Gasteiger partial charge < -0.3 is 5.32 Å². The second-order valence-electron chi connectivity index (χ2n) is 2.23. The molecule has 0 aliphatic carbocycles. The molecular formula is C7H7N3O2S. The van der Waals surface area contributed by atoms with Crippen molar-refractivity contribution >= 4 is 22.0 Å². The van der Waals surface area contributed by atoms with Crippen molar-refractivity contribution in [3.8, 4) is 6.07 Å². The fourth-order valence-electron chi connectivity index (χ4n) is 0.889. The maximum Gasteiger partial charge on any atom is 0.348 e. The molecule has 1 aromatic heterocycles. The van der Waals surface area contributed by atoms with Gasteiger partial charge in [0.15, 0.2) is 0 Å². The highest BCUT2D eigenvalue weighted by molar-refractivity contribution is 7.16. The normalized spacial score (nSPS) is 9.23. The fraction of sp³-hybridized carbons (Fsp3) is 0.286. The van der Waals surface area contributed by atoms with E-state index >= 15 is 0 Å². The minimum Gasteiger partial charge on any atom is -0.379 e. The predicted molar refractivity (Wildman–Crippen MR) is 49.9 cm³/mol. The van der Waals surface area contributed by atoms with Gasteiger partial charge in [-0.25, -0.2) is 0 Å². The van der Waals surface area contributed by atoms with Crippen LogP contribution in [0.3, 0.4) is 0 Å². The predicted octanol–water partition coefficient (Wildman–Crippen LogP) is 1.96. The highest BCUT2D eigenvalue weighted by atomic mass is 32.1. The summed E-state index contributed by atoms with van der Waals surface area (Å²) in [4.78, 5) is 10.4. The number of rotatable bonds is 3. The summed E-state index contributed by atoms with van der Waals surface area (Å²) < 4.78 is 0. The molecule has 13 heavy (non-hydrogen) atoms. The van der Waals surface area contributed by atoms with Crippen molar-refractivity contribution in [1.82, 2.24) is 0 Å². The molecule has 1 aromatic rings. The number of nitrogens with zero attached hydrogens (tertiary/aromatic N) is 2. The molecule has 0 aliphatic rings. The van der Waals surface area contributed by atoms with Gasteiger partial charge in [0, 0.05) is 6.54 Å². The molecule has 0 saturated heterocycles. The molecular weight excluding hydrogens is 190 g/mol. The topological polar surface area (TPSA) is 79.0 Å². The summed E-state index contributed by atoms with van der Waals surface area (Å²) >= 11 is 0.885. The Morgan fingerprint density at radius 2 is 2.54 bits per heavy atom. The quantitative estimate of drug-likeness (QED) is 0.593. The van der Waals surface area contributed by atoms with Crippen LogP contribution >= 0.6 is 11.3 Å². The van der Waals surface area contributed by atoms with E-state index in [1.54, 1.807) is 0 Å². The minimum atomic E-state index is -0.483. The molecule has 0 aliphatic heterocycles. The lowest BCUT2D eigenvalue weighted by Gasteiger charge is -1.96. The van der Waals surface area contributed by atoms with E-state index < -0.39 is 4.92 Å². The first kappa shape index (κ1) is 9.48. The van der Waals surface area contributed by atoms with Crippen LogP contribution in [0.1, 0.15) is 11.8 Å². The molecule has 0 bridgehead atoms. The van der Waals surface area contributed by atoms with Crippen LogP contribution in [0.5, 0.6) is 0 Å². The molecule has 0 spiro atoms. The Bertz CT molecular complexity index is 366. The Balaban J connectivity index is 3.09. The molecule has 5 nitrogen and oxygen atoms in total. The SMILES string of the molecule is CCNc1cc(C#N)sc1[N+](=O)[O-]. The number of nitro groups is 1. The van der Waals surface area contributed by atoms with Gasteiger partial charge in [-0.1, -0.05) is 0 Å². The molecule has 1 N–H and O–H groups in total. The number of nitrogens with one attached hydrogen (secondary N) is 1. The lowest BCUT2D eigenvalue weighted by molar-refractivity contribution is -0.379. The van der Waals surface area contributed by atoms with Crippen molar-refractivity contribution in [2.75, 3.05) is 11.9 Å². The smallest absolute Gasteiger partial charge is 0.348 e. The third kappa shape index (κ3) is 1.95. The molecule has 6 heteroatoms. The lowest BCUT2D eigenvalue weighted by atomic mass is 10.4. The van der Waals surface area contributed by atoms with Crippen molar-refractivity contribution in [1.29, 1.82) is 5.26 Å². The van der Waals surface area contributed by atoms with Crippen molar-refractivity contribution in [3.05, 3.63) is 21.1 Å². The van der Waals surface area contributed by atoms with Crippen LogP contribution in [0.15, 0.2) is 6.07 Å². The van der Waals surface area contributed by atoms with Gasteiger partial charge in [-0.3, -0.25) is 10.1 Å². The highest BCUT2D eigenvalue weighted by Gasteiger charge is 2.18. The molecule has 1 heterocycles. The first-order valence-corrected chi connectivity index (χ1v) is 4.43. The number of anilines is 1. The number of thiophene rings is 1. The standard InChI is InChI=1S/C7H7N3O2S/c1-2-9-6-3-5(4-8)13-7(6)10(11)12/h3,9H,2H2,1H3. The molecule has 0 atom stereocenters. The van der Waals surface area contributed by atoms with Crippen LogP contribution in [0.4, 0.5) is 10.7 Å². The Morgan fingerprint density at radius 1 is 1.85 bits per heavy atom. The largest absolute Gasteiger partial charge is 0.379 e. The Morgan fingerprint density at radius 3 is 3.00 bits per heavy atom. The van der Waals surface area contributed by atoms with Crippen molar-refractivity contribution in [3.63, 3.8) is 0 Å². The molecule has 0 saturated carbocycles. The molecule has 0 unspecified atom stereocenters. The number of nitriles is 1. The summed E-state index contributed by atoms with van der Waals surface area (Å²) in [6.45, 7) is 2.44. The van der Waals surface area contributed by atoms with Crippen LogP contribution in [0.2, 0.25) is 0 Å². The first-order chi connectivity index (χ1) is 6.19.